The fraction of sp³-hybridized carbons (Fsp3) is 0.500. The molecule has 0 aromatic heterocycles. The van der Waals surface area contributed by atoms with Crippen LogP contribution in [0, 0.1) is 0 Å². The summed E-state index contributed by atoms with van der Waals surface area (Å²) in [5, 5.41) is 6.37. The van der Waals surface area contributed by atoms with E-state index in [1.807, 2.05) is 42.1 Å². The summed E-state index contributed by atoms with van der Waals surface area (Å²) >= 11 is 1.99. The second kappa shape index (κ2) is 5.24. The highest BCUT2D eigenvalue weighted by molar-refractivity contribution is 8.00. The zero-order valence-electron chi connectivity index (χ0n) is 12.0. The fourth-order valence-corrected chi connectivity index (χ4v) is 4.18. The van der Waals surface area contributed by atoms with Gasteiger partial charge in [-0.1, -0.05) is 44.2 Å². The summed E-state index contributed by atoms with van der Waals surface area (Å²) in [6.07, 6.45) is 2.51. The molecule has 1 saturated heterocycles. The van der Waals surface area contributed by atoms with Crippen molar-refractivity contribution in [3.05, 3.63) is 35.9 Å². The lowest BCUT2D eigenvalue weighted by Crippen LogP contribution is -2.41. The highest BCUT2D eigenvalue weighted by Gasteiger charge is 2.37. The van der Waals surface area contributed by atoms with E-state index in [4.69, 9.17) is 0 Å². The Balaban J connectivity index is 1.80. The van der Waals surface area contributed by atoms with Gasteiger partial charge in [0.25, 0.3) is 0 Å². The maximum atomic E-state index is 12.3. The molecule has 0 radical (unpaired) electrons. The van der Waals surface area contributed by atoms with E-state index >= 15 is 0 Å². The number of carbonyl (C=O) groups excluding carboxylic acids is 1. The largest absolute Gasteiger partial charge is 0.273 e. The smallest absolute Gasteiger partial charge is 0.249 e. The minimum Gasteiger partial charge on any atom is -0.273 e. The molecule has 0 aliphatic carbocycles. The molecule has 1 aromatic carbocycles. The van der Waals surface area contributed by atoms with E-state index in [-0.39, 0.29) is 16.7 Å². The molecular weight excluding hydrogens is 268 g/mol. The normalized spacial score (nSPS) is 25.7. The minimum atomic E-state index is 0.150. The van der Waals surface area contributed by atoms with Crippen LogP contribution in [-0.2, 0) is 4.79 Å². The van der Waals surface area contributed by atoms with E-state index in [0.29, 0.717) is 6.42 Å². The van der Waals surface area contributed by atoms with Gasteiger partial charge >= 0.3 is 0 Å². The highest BCUT2D eigenvalue weighted by atomic mass is 32.2. The SMILES string of the molecule is CC1(C)CC(N2N=C(c3ccccc3)CC2=O)CCS1. The van der Waals surface area contributed by atoms with Crippen molar-refractivity contribution in [2.24, 2.45) is 5.10 Å². The number of hydrogen-bond donors (Lipinski definition) is 0. The Morgan fingerprint density at radius 3 is 2.75 bits per heavy atom. The van der Waals surface area contributed by atoms with Crippen LogP contribution in [0.3, 0.4) is 0 Å². The summed E-state index contributed by atoms with van der Waals surface area (Å²) < 4.78 is 0.244. The Kier molecular flexibility index (Phi) is 3.59. The summed E-state index contributed by atoms with van der Waals surface area (Å²) in [5.41, 5.74) is 1.97. The minimum absolute atomic E-state index is 0.150. The van der Waals surface area contributed by atoms with Crippen LogP contribution in [0.15, 0.2) is 35.4 Å². The van der Waals surface area contributed by atoms with Gasteiger partial charge in [0, 0.05) is 4.75 Å². The lowest BCUT2D eigenvalue weighted by atomic mass is 9.99. The highest BCUT2D eigenvalue weighted by Crippen LogP contribution is 2.38. The Hall–Kier alpha value is -1.29. The summed E-state index contributed by atoms with van der Waals surface area (Å²) in [4.78, 5) is 12.3. The van der Waals surface area contributed by atoms with E-state index < -0.39 is 0 Å². The van der Waals surface area contributed by atoms with Crippen LogP contribution in [-0.4, -0.2) is 33.2 Å². The van der Waals surface area contributed by atoms with Gasteiger partial charge in [0.05, 0.1) is 18.2 Å². The van der Waals surface area contributed by atoms with Gasteiger partial charge in [-0.2, -0.15) is 16.9 Å². The molecule has 0 spiro atoms. The van der Waals surface area contributed by atoms with Gasteiger partial charge in [0.2, 0.25) is 5.91 Å². The molecule has 2 aliphatic rings. The molecule has 106 valence electrons. The van der Waals surface area contributed by atoms with Crippen molar-refractivity contribution in [1.82, 2.24) is 5.01 Å². The molecule has 3 rings (SSSR count). The molecule has 0 bridgehead atoms. The van der Waals surface area contributed by atoms with Crippen LogP contribution in [0.4, 0.5) is 0 Å². The first kappa shape index (κ1) is 13.7. The van der Waals surface area contributed by atoms with Crippen LogP contribution in [0.25, 0.3) is 0 Å². The second-order valence-corrected chi connectivity index (χ2v) is 7.88. The first-order valence-electron chi connectivity index (χ1n) is 7.14. The lowest BCUT2D eigenvalue weighted by Gasteiger charge is -2.37. The van der Waals surface area contributed by atoms with Gasteiger partial charge in [-0.15, -0.1) is 0 Å². The Labute approximate surface area is 124 Å². The van der Waals surface area contributed by atoms with Crippen molar-refractivity contribution < 1.29 is 4.79 Å². The number of rotatable bonds is 2. The quantitative estimate of drug-likeness (QED) is 0.836. The maximum Gasteiger partial charge on any atom is 0.249 e. The van der Waals surface area contributed by atoms with Crippen LogP contribution in [0.2, 0.25) is 0 Å². The van der Waals surface area contributed by atoms with E-state index in [1.54, 1.807) is 5.01 Å². The Morgan fingerprint density at radius 1 is 1.30 bits per heavy atom. The number of carbonyl (C=O) groups is 1. The molecule has 2 aliphatic heterocycles. The first-order chi connectivity index (χ1) is 9.55. The Bertz CT molecular complexity index is 539. The van der Waals surface area contributed by atoms with Crippen LogP contribution >= 0.6 is 11.8 Å². The molecule has 1 unspecified atom stereocenters. The molecular formula is C16H20N2OS. The van der Waals surface area contributed by atoms with Crippen molar-refractivity contribution in [1.29, 1.82) is 0 Å². The third-order valence-corrected chi connectivity index (χ3v) is 5.31. The van der Waals surface area contributed by atoms with Crippen molar-refractivity contribution in [2.75, 3.05) is 5.75 Å². The van der Waals surface area contributed by atoms with E-state index in [9.17, 15) is 4.79 Å². The maximum absolute atomic E-state index is 12.3. The molecule has 1 atom stereocenters. The van der Waals surface area contributed by atoms with Gasteiger partial charge in [-0.25, -0.2) is 5.01 Å². The van der Waals surface area contributed by atoms with E-state index in [2.05, 4.69) is 18.9 Å². The zero-order valence-corrected chi connectivity index (χ0v) is 12.8. The average molecular weight is 288 g/mol. The first-order valence-corrected chi connectivity index (χ1v) is 8.13. The molecule has 1 aromatic rings. The van der Waals surface area contributed by atoms with Crippen molar-refractivity contribution in [3.8, 4) is 0 Å². The van der Waals surface area contributed by atoms with Crippen molar-refractivity contribution in [3.63, 3.8) is 0 Å². The number of nitrogens with zero attached hydrogens (tertiary/aromatic N) is 2. The third kappa shape index (κ3) is 2.75. The lowest BCUT2D eigenvalue weighted by molar-refractivity contribution is -0.131. The molecule has 0 saturated carbocycles. The zero-order chi connectivity index (χ0) is 14.2. The van der Waals surface area contributed by atoms with E-state index in [1.165, 1.54) is 0 Å². The second-order valence-electron chi connectivity index (χ2n) is 6.08. The predicted octanol–water partition coefficient (Wildman–Crippen LogP) is 3.30. The molecule has 1 fully saturated rings. The third-order valence-electron chi connectivity index (χ3n) is 3.93. The summed E-state index contributed by atoms with van der Waals surface area (Å²) in [5.74, 6) is 1.26. The van der Waals surface area contributed by atoms with Gasteiger partial charge in [0.15, 0.2) is 0 Å². The van der Waals surface area contributed by atoms with Crippen LogP contribution in [0.5, 0.6) is 0 Å². The number of hydrogen-bond acceptors (Lipinski definition) is 3. The topological polar surface area (TPSA) is 32.7 Å². The molecule has 20 heavy (non-hydrogen) atoms. The molecule has 0 N–H and O–H groups in total. The summed E-state index contributed by atoms with van der Waals surface area (Å²) in [7, 11) is 0. The predicted molar refractivity (Wildman–Crippen MR) is 84.0 cm³/mol. The molecule has 4 heteroatoms. The number of hydrazone groups is 1. The van der Waals surface area contributed by atoms with Gasteiger partial charge < -0.3 is 0 Å². The number of benzene rings is 1. The average Bonchev–Trinajstić information content (AvgIpc) is 2.81. The van der Waals surface area contributed by atoms with Crippen molar-refractivity contribution in [2.45, 2.75) is 43.9 Å². The molecule has 3 nitrogen and oxygen atoms in total. The monoisotopic (exact) mass is 288 g/mol. The molecule has 2 heterocycles. The summed E-state index contributed by atoms with van der Waals surface area (Å²) in [6.45, 7) is 4.51. The summed E-state index contributed by atoms with van der Waals surface area (Å²) in [6, 6.07) is 10.3. The number of thioether (sulfide) groups is 1. The Morgan fingerprint density at radius 2 is 2.05 bits per heavy atom. The van der Waals surface area contributed by atoms with Crippen LogP contribution < -0.4 is 0 Å². The number of amides is 1. The van der Waals surface area contributed by atoms with Crippen LogP contribution in [0.1, 0.15) is 38.7 Å². The van der Waals surface area contributed by atoms with Gasteiger partial charge in [-0.3, -0.25) is 4.79 Å². The fourth-order valence-electron chi connectivity index (χ4n) is 2.93. The molecule has 1 amide bonds. The van der Waals surface area contributed by atoms with E-state index in [0.717, 1.165) is 29.9 Å². The van der Waals surface area contributed by atoms with Gasteiger partial charge in [0.1, 0.15) is 0 Å². The van der Waals surface area contributed by atoms with Gasteiger partial charge in [-0.05, 0) is 24.2 Å². The van der Waals surface area contributed by atoms with Crippen molar-refractivity contribution >= 4 is 23.4 Å². The standard InChI is InChI=1S/C16H20N2OS/c1-16(2)11-13(8-9-20-16)18-15(19)10-14(17-18)12-6-4-3-5-7-12/h3-7,13H,8-11H2,1-2H3.